The van der Waals surface area contributed by atoms with Gasteiger partial charge in [0.25, 0.3) is 5.71 Å². The van der Waals surface area contributed by atoms with Crippen molar-refractivity contribution in [2.75, 3.05) is 14.2 Å². The maximum absolute atomic E-state index is 8.19. The Hall–Kier alpha value is -1.18. The van der Waals surface area contributed by atoms with Gasteiger partial charge in [0.15, 0.2) is 0 Å². The Labute approximate surface area is 66.6 Å². The molecular formula is C8H12N2O. The second-order valence-corrected chi connectivity index (χ2v) is 1.99. The Morgan fingerprint density at radius 2 is 2.09 bits per heavy atom. The summed E-state index contributed by atoms with van der Waals surface area (Å²) < 4.78 is 4.25. The van der Waals surface area contributed by atoms with E-state index in [0.29, 0.717) is 5.71 Å². The van der Waals surface area contributed by atoms with Crippen LogP contribution in [0.1, 0.15) is 6.42 Å². The zero-order valence-corrected chi connectivity index (χ0v) is 6.82. The molecule has 3 nitrogen and oxygen atoms in total. The summed E-state index contributed by atoms with van der Waals surface area (Å²) in [4.78, 5) is 3.03. The molecule has 11 heavy (non-hydrogen) atoms. The third-order valence-corrected chi connectivity index (χ3v) is 0.991. The van der Waals surface area contributed by atoms with E-state index in [1.807, 2.05) is 18.2 Å². The van der Waals surface area contributed by atoms with E-state index < -0.39 is 0 Å². The number of hydrogen-bond acceptors (Lipinski definition) is 1. The lowest BCUT2D eigenvalue weighted by atomic mass is 10.2. The number of nitrogens with zero attached hydrogens (tertiary/aromatic N) is 2. The first-order valence-electron chi connectivity index (χ1n) is 3.29. The molecular weight excluding hydrogens is 140 g/mol. The van der Waals surface area contributed by atoms with Gasteiger partial charge in [-0.25, -0.2) is 0 Å². The van der Waals surface area contributed by atoms with Gasteiger partial charge >= 0.3 is 0 Å². The minimum Gasteiger partial charge on any atom is -0.388 e. The Kier molecular flexibility index (Phi) is 6.19. The first-order valence-corrected chi connectivity index (χ1v) is 3.29. The molecule has 0 saturated carbocycles. The summed E-state index contributed by atoms with van der Waals surface area (Å²) in [7, 11) is 3.25. The van der Waals surface area contributed by atoms with Gasteiger partial charge in [-0.15, -0.1) is 0 Å². The molecule has 0 fully saturated rings. The van der Waals surface area contributed by atoms with Crippen molar-refractivity contribution in [2.24, 2.45) is 0 Å². The van der Waals surface area contributed by atoms with Gasteiger partial charge < -0.3 is 10.3 Å². The molecule has 0 aromatic heterocycles. The van der Waals surface area contributed by atoms with Crippen LogP contribution >= 0.6 is 0 Å². The van der Waals surface area contributed by atoms with E-state index in [0.717, 1.165) is 6.42 Å². The summed E-state index contributed by atoms with van der Waals surface area (Å²) in [5.74, 6) is 0. The minimum atomic E-state index is 0.715. The number of allylic oxidation sites excluding steroid dienone is 4. The summed E-state index contributed by atoms with van der Waals surface area (Å²) in [6.45, 7) is 0. The zero-order chi connectivity index (χ0) is 8.53. The summed E-state index contributed by atoms with van der Waals surface area (Å²) in [5.41, 5.74) is 8.91. The molecule has 0 radical (unpaired) electrons. The van der Waals surface area contributed by atoms with Crippen LogP contribution in [0.5, 0.6) is 0 Å². The highest BCUT2D eigenvalue weighted by atomic mass is 16.4. The van der Waals surface area contributed by atoms with Crippen LogP contribution in [0.4, 0.5) is 0 Å². The van der Waals surface area contributed by atoms with Gasteiger partial charge in [0.2, 0.25) is 0 Å². The Morgan fingerprint density at radius 1 is 1.45 bits per heavy atom. The maximum Gasteiger partial charge on any atom is 0.295 e. The number of methoxy groups -OCH3 is 1. The van der Waals surface area contributed by atoms with Crippen LogP contribution in [0.2, 0.25) is 0 Å². The molecule has 0 bridgehead atoms. The molecule has 0 N–H and O–H groups in total. The SMILES string of the molecule is COC.[N-]=[N+]=C1C=CC=CC1. The van der Waals surface area contributed by atoms with Crippen molar-refractivity contribution in [3.05, 3.63) is 29.8 Å². The molecule has 60 valence electrons. The van der Waals surface area contributed by atoms with Crippen LogP contribution in [0.25, 0.3) is 5.53 Å². The average molecular weight is 152 g/mol. The van der Waals surface area contributed by atoms with Gasteiger partial charge in [0, 0.05) is 20.3 Å². The van der Waals surface area contributed by atoms with Crippen LogP contribution in [-0.2, 0) is 4.74 Å². The monoisotopic (exact) mass is 152 g/mol. The fraction of sp³-hybridized carbons (Fsp3) is 0.375. The second kappa shape index (κ2) is 6.93. The first kappa shape index (κ1) is 9.82. The van der Waals surface area contributed by atoms with Crippen molar-refractivity contribution in [1.82, 2.24) is 0 Å². The number of hydrogen-bond donors (Lipinski definition) is 0. The van der Waals surface area contributed by atoms with Gasteiger partial charge in [0.1, 0.15) is 0 Å². The van der Waals surface area contributed by atoms with E-state index in [-0.39, 0.29) is 0 Å². The molecule has 3 heteroatoms. The summed E-state index contributed by atoms with van der Waals surface area (Å²) in [6, 6.07) is 0. The second-order valence-electron chi connectivity index (χ2n) is 1.99. The van der Waals surface area contributed by atoms with E-state index in [1.54, 1.807) is 20.3 Å². The fourth-order valence-electron chi connectivity index (χ4n) is 0.576. The third-order valence-electron chi connectivity index (χ3n) is 0.991. The summed E-state index contributed by atoms with van der Waals surface area (Å²) in [5, 5.41) is 0. The van der Waals surface area contributed by atoms with Gasteiger partial charge in [-0.1, -0.05) is 18.2 Å². The van der Waals surface area contributed by atoms with Crippen LogP contribution in [0.15, 0.2) is 24.3 Å². The minimum absolute atomic E-state index is 0.715. The highest BCUT2D eigenvalue weighted by Crippen LogP contribution is 1.94. The standard InChI is InChI=1S/C6H6N2.C2H6O/c7-8-6-4-2-1-3-5-6;1-3-2/h1-4H,5H2;1-2H3. The Balaban J connectivity index is 0.000000292. The van der Waals surface area contributed by atoms with Gasteiger partial charge in [-0.2, -0.15) is 4.79 Å². The molecule has 0 aliphatic heterocycles. The predicted molar refractivity (Wildman–Crippen MR) is 44.5 cm³/mol. The van der Waals surface area contributed by atoms with Crippen molar-refractivity contribution >= 4 is 5.71 Å². The molecule has 1 aliphatic rings. The van der Waals surface area contributed by atoms with Crippen LogP contribution in [0, 0.1) is 0 Å². The van der Waals surface area contributed by atoms with Crippen LogP contribution in [0.3, 0.4) is 0 Å². The normalized spacial score (nSPS) is 13.5. The van der Waals surface area contributed by atoms with Crippen molar-refractivity contribution < 1.29 is 9.53 Å². The van der Waals surface area contributed by atoms with Crippen LogP contribution in [-0.4, -0.2) is 24.7 Å². The van der Waals surface area contributed by atoms with E-state index in [2.05, 4.69) is 9.53 Å². The largest absolute Gasteiger partial charge is 0.388 e. The molecule has 0 amide bonds. The number of ether oxygens (including phenoxy) is 1. The fourth-order valence-corrected chi connectivity index (χ4v) is 0.576. The van der Waals surface area contributed by atoms with Crippen molar-refractivity contribution in [3.63, 3.8) is 0 Å². The lowest BCUT2D eigenvalue weighted by Gasteiger charge is -1.85. The van der Waals surface area contributed by atoms with Crippen LogP contribution < -0.4 is 0 Å². The highest BCUT2D eigenvalue weighted by Gasteiger charge is 1.99. The molecule has 0 heterocycles. The molecule has 0 atom stereocenters. The molecule has 0 aromatic rings. The Morgan fingerprint density at radius 3 is 2.36 bits per heavy atom. The van der Waals surface area contributed by atoms with E-state index in [4.69, 9.17) is 5.53 Å². The van der Waals surface area contributed by atoms with Crippen molar-refractivity contribution in [3.8, 4) is 0 Å². The average Bonchev–Trinajstić information content (AvgIpc) is 2.08. The van der Waals surface area contributed by atoms with E-state index >= 15 is 0 Å². The van der Waals surface area contributed by atoms with Gasteiger partial charge in [-0.3, -0.25) is 0 Å². The van der Waals surface area contributed by atoms with E-state index in [9.17, 15) is 0 Å². The van der Waals surface area contributed by atoms with E-state index in [1.165, 1.54) is 0 Å². The smallest absolute Gasteiger partial charge is 0.295 e. The summed E-state index contributed by atoms with van der Waals surface area (Å²) in [6.07, 6.45) is 8.23. The molecule has 1 rings (SSSR count). The van der Waals surface area contributed by atoms with Crippen molar-refractivity contribution in [1.29, 1.82) is 0 Å². The summed E-state index contributed by atoms with van der Waals surface area (Å²) >= 11 is 0. The molecule has 0 saturated heterocycles. The third kappa shape index (κ3) is 5.27. The lowest BCUT2D eigenvalue weighted by molar-refractivity contribution is -0.00537. The van der Waals surface area contributed by atoms with Gasteiger partial charge in [0.05, 0.1) is 6.42 Å². The quantitative estimate of drug-likeness (QED) is 0.382. The highest BCUT2D eigenvalue weighted by molar-refractivity contribution is 5.92. The van der Waals surface area contributed by atoms with Gasteiger partial charge in [-0.05, 0) is 0 Å². The molecule has 1 aliphatic carbocycles. The topological polar surface area (TPSA) is 45.6 Å². The zero-order valence-electron chi connectivity index (χ0n) is 6.82. The lowest BCUT2D eigenvalue weighted by Crippen LogP contribution is -1.93. The predicted octanol–water partition coefficient (Wildman–Crippen LogP) is 1.44. The maximum atomic E-state index is 8.19. The Bertz CT molecular complexity index is 200. The van der Waals surface area contributed by atoms with Crippen molar-refractivity contribution in [2.45, 2.75) is 6.42 Å². The molecule has 0 spiro atoms. The molecule has 0 unspecified atom stereocenters. The molecule has 0 aromatic carbocycles. The first-order chi connectivity index (χ1) is 5.35. The number of rotatable bonds is 0.